The SMILES string of the molecule is CC(=O)OC1CCC2(C)C(C(=O)CC3(C)C2C(=O)C=C2C4CC(C)(C)CCC4(C)CCC23C)C1(C)C. The van der Waals surface area contributed by atoms with Gasteiger partial charge in [-0.3, -0.25) is 14.4 Å². The summed E-state index contributed by atoms with van der Waals surface area (Å²) in [5, 5.41) is 0. The number of esters is 1. The van der Waals surface area contributed by atoms with Crippen LogP contribution in [-0.4, -0.2) is 23.6 Å². The minimum Gasteiger partial charge on any atom is -0.462 e. The molecule has 0 bridgehead atoms. The number of fused-ring (bicyclic) bond motifs is 7. The van der Waals surface area contributed by atoms with Crippen molar-refractivity contribution in [1.82, 2.24) is 0 Å². The summed E-state index contributed by atoms with van der Waals surface area (Å²) in [6, 6.07) is 0. The molecule has 0 saturated heterocycles. The van der Waals surface area contributed by atoms with Crippen LogP contribution in [0.15, 0.2) is 11.6 Å². The summed E-state index contributed by atoms with van der Waals surface area (Å²) in [7, 11) is 0. The van der Waals surface area contributed by atoms with Crippen LogP contribution >= 0.6 is 0 Å². The zero-order valence-corrected chi connectivity index (χ0v) is 24.2. The quantitative estimate of drug-likeness (QED) is 0.363. The molecular formula is C32H48O4. The van der Waals surface area contributed by atoms with Gasteiger partial charge in [0.1, 0.15) is 11.9 Å². The van der Waals surface area contributed by atoms with E-state index in [2.05, 4.69) is 61.5 Å². The van der Waals surface area contributed by atoms with E-state index in [9.17, 15) is 14.4 Å². The van der Waals surface area contributed by atoms with Crippen LogP contribution in [0.5, 0.6) is 0 Å². The second kappa shape index (κ2) is 7.56. The van der Waals surface area contributed by atoms with E-state index < -0.39 is 10.8 Å². The van der Waals surface area contributed by atoms with Gasteiger partial charge in [0.15, 0.2) is 5.78 Å². The topological polar surface area (TPSA) is 60.4 Å². The van der Waals surface area contributed by atoms with Crippen molar-refractivity contribution in [2.24, 2.45) is 50.2 Å². The van der Waals surface area contributed by atoms with E-state index >= 15 is 0 Å². The first-order valence-corrected chi connectivity index (χ1v) is 14.4. The summed E-state index contributed by atoms with van der Waals surface area (Å²) in [6.07, 6.45) is 9.50. The lowest BCUT2D eigenvalue weighted by molar-refractivity contribution is -0.207. The molecule has 0 aliphatic heterocycles. The molecule has 0 aromatic carbocycles. The first kappa shape index (κ1) is 26.2. The lowest BCUT2D eigenvalue weighted by Crippen LogP contribution is -2.69. The van der Waals surface area contributed by atoms with Crippen molar-refractivity contribution in [3.63, 3.8) is 0 Å². The number of ether oxygens (including phenoxy) is 1. The third-order valence-corrected chi connectivity index (χ3v) is 12.7. The Morgan fingerprint density at radius 1 is 0.889 bits per heavy atom. The van der Waals surface area contributed by atoms with E-state index in [-0.39, 0.29) is 57.1 Å². The van der Waals surface area contributed by atoms with Crippen LogP contribution in [0.4, 0.5) is 0 Å². The Morgan fingerprint density at radius 3 is 2.17 bits per heavy atom. The summed E-state index contributed by atoms with van der Waals surface area (Å²) < 4.78 is 5.74. The van der Waals surface area contributed by atoms with Crippen LogP contribution in [0, 0.1) is 50.2 Å². The molecule has 5 aliphatic carbocycles. The number of rotatable bonds is 1. The van der Waals surface area contributed by atoms with Gasteiger partial charge < -0.3 is 4.74 Å². The maximum atomic E-state index is 14.3. The van der Waals surface area contributed by atoms with Gasteiger partial charge >= 0.3 is 5.97 Å². The number of hydrogen-bond acceptors (Lipinski definition) is 4. The predicted octanol–water partition coefficient (Wildman–Crippen LogP) is 7.10. The van der Waals surface area contributed by atoms with E-state index in [1.165, 1.54) is 31.8 Å². The zero-order chi connectivity index (χ0) is 26.7. The molecule has 0 radical (unpaired) electrons. The molecule has 4 saturated carbocycles. The Hall–Kier alpha value is -1.45. The van der Waals surface area contributed by atoms with Crippen molar-refractivity contribution in [1.29, 1.82) is 0 Å². The average molecular weight is 497 g/mol. The normalized spacial score (nSPS) is 49.1. The highest BCUT2D eigenvalue weighted by molar-refractivity contribution is 5.99. The van der Waals surface area contributed by atoms with Crippen LogP contribution in [0.1, 0.15) is 114 Å². The van der Waals surface area contributed by atoms with Crippen LogP contribution in [-0.2, 0) is 19.1 Å². The Bertz CT molecular complexity index is 1050. The smallest absolute Gasteiger partial charge is 0.302 e. The lowest BCUT2D eigenvalue weighted by atomic mass is 9.33. The van der Waals surface area contributed by atoms with Crippen LogP contribution in [0.3, 0.4) is 0 Å². The molecule has 200 valence electrons. The van der Waals surface area contributed by atoms with Gasteiger partial charge in [-0.1, -0.05) is 61.0 Å². The monoisotopic (exact) mass is 496 g/mol. The van der Waals surface area contributed by atoms with Crippen LogP contribution in [0.25, 0.3) is 0 Å². The summed E-state index contributed by atoms with van der Waals surface area (Å²) in [5.41, 5.74) is 0.422. The second-order valence-corrected chi connectivity index (χ2v) is 15.8. The standard InChI is InChI=1S/C32H48O4/c1-19(33)36-24-10-11-30(7)25(28(24,4)5)23(35)18-32(9)26(30)22(34)16-20-21-17-27(2,3)12-13-29(21,6)14-15-31(20,32)8/h16,21,24-26H,10-15,17-18H2,1-9H3. The van der Waals surface area contributed by atoms with Gasteiger partial charge in [-0.2, -0.15) is 0 Å². The van der Waals surface area contributed by atoms with Gasteiger partial charge in [-0.15, -0.1) is 0 Å². The van der Waals surface area contributed by atoms with E-state index in [4.69, 9.17) is 4.74 Å². The Kier molecular flexibility index (Phi) is 5.50. The molecule has 4 fully saturated rings. The molecule has 5 aliphatic rings. The van der Waals surface area contributed by atoms with Gasteiger partial charge in [-0.05, 0) is 84.0 Å². The summed E-state index contributed by atoms with van der Waals surface area (Å²) in [4.78, 5) is 40.4. The molecule has 0 aromatic rings. The third-order valence-electron chi connectivity index (χ3n) is 12.7. The first-order valence-electron chi connectivity index (χ1n) is 14.4. The number of ketones is 2. The van der Waals surface area contributed by atoms with Crippen LogP contribution in [0.2, 0.25) is 0 Å². The minimum absolute atomic E-state index is 0.149. The highest BCUT2D eigenvalue weighted by Crippen LogP contribution is 2.74. The summed E-state index contributed by atoms with van der Waals surface area (Å²) in [6.45, 7) is 19.7. The van der Waals surface area contributed by atoms with Crippen molar-refractivity contribution in [3.05, 3.63) is 11.6 Å². The number of Topliss-reactive ketones (excluding diaryl/α,β-unsaturated/α-hetero) is 1. The number of hydrogen-bond donors (Lipinski definition) is 0. The van der Waals surface area contributed by atoms with Gasteiger partial charge in [0.25, 0.3) is 0 Å². The maximum Gasteiger partial charge on any atom is 0.302 e. The van der Waals surface area contributed by atoms with Crippen LogP contribution < -0.4 is 0 Å². The van der Waals surface area contributed by atoms with E-state index in [0.29, 0.717) is 18.8 Å². The largest absolute Gasteiger partial charge is 0.462 e. The number of allylic oxidation sites excluding steroid dienone is 2. The van der Waals surface area contributed by atoms with Gasteiger partial charge in [0, 0.05) is 30.6 Å². The van der Waals surface area contributed by atoms with Gasteiger partial charge in [0.2, 0.25) is 0 Å². The Morgan fingerprint density at radius 2 is 1.53 bits per heavy atom. The minimum atomic E-state index is -0.499. The van der Waals surface area contributed by atoms with Crippen molar-refractivity contribution in [2.75, 3.05) is 0 Å². The molecule has 0 N–H and O–H groups in total. The molecule has 0 heterocycles. The molecular weight excluding hydrogens is 448 g/mol. The van der Waals surface area contributed by atoms with E-state index in [1.54, 1.807) is 0 Å². The van der Waals surface area contributed by atoms with Crippen molar-refractivity contribution >= 4 is 17.5 Å². The third kappa shape index (κ3) is 3.27. The zero-order valence-electron chi connectivity index (χ0n) is 24.2. The molecule has 0 spiro atoms. The molecule has 0 aromatic heterocycles. The van der Waals surface area contributed by atoms with E-state index in [0.717, 1.165) is 19.3 Å². The summed E-state index contributed by atoms with van der Waals surface area (Å²) in [5.74, 6) is 0.175. The van der Waals surface area contributed by atoms with Crippen molar-refractivity contribution < 1.29 is 19.1 Å². The molecule has 8 atom stereocenters. The molecule has 36 heavy (non-hydrogen) atoms. The van der Waals surface area contributed by atoms with E-state index in [1.807, 2.05) is 0 Å². The summed E-state index contributed by atoms with van der Waals surface area (Å²) >= 11 is 0. The molecule has 5 rings (SSSR count). The number of carbonyl (C=O) groups is 3. The highest BCUT2D eigenvalue weighted by Gasteiger charge is 2.72. The number of carbonyl (C=O) groups excluding carboxylic acids is 3. The lowest BCUT2D eigenvalue weighted by Gasteiger charge is -2.69. The van der Waals surface area contributed by atoms with Crippen molar-refractivity contribution in [2.45, 2.75) is 120 Å². The highest BCUT2D eigenvalue weighted by atomic mass is 16.5. The van der Waals surface area contributed by atoms with Crippen molar-refractivity contribution in [3.8, 4) is 0 Å². The molecule has 8 unspecified atom stereocenters. The fraction of sp³-hybridized carbons (Fsp3) is 0.844. The maximum absolute atomic E-state index is 14.3. The average Bonchev–Trinajstić information content (AvgIpc) is 2.72. The molecule has 4 nitrogen and oxygen atoms in total. The fourth-order valence-electron chi connectivity index (χ4n) is 10.6. The second-order valence-electron chi connectivity index (χ2n) is 15.8. The first-order chi connectivity index (χ1) is 16.4. The Labute approximate surface area is 218 Å². The van der Waals surface area contributed by atoms with Gasteiger partial charge in [-0.25, -0.2) is 0 Å². The fourth-order valence-corrected chi connectivity index (χ4v) is 10.6. The predicted molar refractivity (Wildman–Crippen MR) is 141 cm³/mol. The molecule has 0 amide bonds. The van der Waals surface area contributed by atoms with Gasteiger partial charge in [0.05, 0.1) is 0 Å². The Balaban J connectivity index is 1.62. The molecule has 4 heteroatoms.